The van der Waals surface area contributed by atoms with Gasteiger partial charge in [-0.15, -0.1) is 6.42 Å². The quantitative estimate of drug-likeness (QED) is 0.577. The highest BCUT2D eigenvalue weighted by Crippen LogP contribution is 2.26. The maximum atomic E-state index is 12.0. The average molecular weight is 226 g/mol. The molecule has 0 spiro atoms. The highest BCUT2D eigenvalue weighted by Gasteiger charge is 2.10. The molecule has 0 fully saturated rings. The minimum Gasteiger partial charge on any atom is -0.805 e. The normalized spacial score (nSPS) is 10.6. The lowest BCUT2D eigenvalue weighted by Gasteiger charge is -2.10. The van der Waals surface area contributed by atoms with Crippen molar-refractivity contribution in [1.82, 2.24) is 4.73 Å². The van der Waals surface area contributed by atoms with Crippen LogP contribution in [0.4, 0.5) is 0 Å². The van der Waals surface area contributed by atoms with Gasteiger partial charge in [0.25, 0.3) is 0 Å². The highest BCUT2D eigenvalue weighted by atomic mass is 16.5. The Morgan fingerprint density at radius 3 is 2.76 bits per heavy atom. The standard InChI is InChI=1S/C15H16NO/c1-3-5-6-9-12-13-10-7-8-11-15(13)16(17)14(12)4-2/h2,7-8,10-11H,3,5-6,9H2,1H3/q-1. The predicted molar refractivity (Wildman–Crippen MR) is 71.9 cm³/mol. The van der Waals surface area contributed by atoms with Gasteiger partial charge in [-0.3, -0.25) is 0 Å². The van der Waals surface area contributed by atoms with E-state index in [2.05, 4.69) is 12.8 Å². The Hall–Kier alpha value is -1.88. The van der Waals surface area contributed by atoms with E-state index in [1.54, 1.807) is 0 Å². The summed E-state index contributed by atoms with van der Waals surface area (Å²) in [5.74, 6) is 2.53. The van der Waals surface area contributed by atoms with Crippen LogP contribution in [0.25, 0.3) is 10.9 Å². The Bertz CT molecular complexity index is 560. The second kappa shape index (κ2) is 4.97. The van der Waals surface area contributed by atoms with E-state index < -0.39 is 0 Å². The zero-order valence-electron chi connectivity index (χ0n) is 10.1. The van der Waals surface area contributed by atoms with E-state index in [1.807, 2.05) is 24.3 Å². The second-order valence-corrected chi connectivity index (χ2v) is 4.24. The molecule has 88 valence electrons. The smallest absolute Gasteiger partial charge is 0.0913 e. The fraction of sp³-hybridized carbons (Fsp3) is 0.333. The Balaban J connectivity index is 2.48. The summed E-state index contributed by atoms with van der Waals surface area (Å²) in [4.78, 5) is 0. The summed E-state index contributed by atoms with van der Waals surface area (Å²) in [6.07, 6.45) is 9.76. The first kappa shape index (κ1) is 11.6. The number of unbranched alkanes of at least 4 members (excludes halogenated alkanes) is 2. The van der Waals surface area contributed by atoms with E-state index in [0.29, 0.717) is 11.2 Å². The van der Waals surface area contributed by atoms with Crippen molar-refractivity contribution in [3.63, 3.8) is 0 Å². The van der Waals surface area contributed by atoms with Crippen molar-refractivity contribution in [2.45, 2.75) is 32.6 Å². The van der Waals surface area contributed by atoms with Crippen LogP contribution in [0.5, 0.6) is 0 Å². The van der Waals surface area contributed by atoms with Crippen LogP contribution in [0.2, 0.25) is 0 Å². The van der Waals surface area contributed by atoms with Crippen LogP contribution < -0.4 is 0 Å². The molecule has 2 rings (SSSR count). The van der Waals surface area contributed by atoms with Gasteiger partial charge in [-0.2, -0.15) is 0 Å². The average Bonchev–Trinajstić information content (AvgIpc) is 2.63. The number of aryl methyl sites for hydroxylation is 1. The third kappa shape index (κ3) is 2.01. The predicted octanol–water partition coefficient (Wildman–Crippen LogP) is 3.70. The summed E-state index contributed by atoms with van der Waals surface area (Å²) in [7, 11) is 0. The van der Waals surface area contributed by atoms with E-state index in [1.165, 1.54) is 12.8 Å². The lowest BCUT2D eigenvalue weighted by Crippen LogP contribution is -1.93. The van der Waals surface area contributed by atoms with Gasteiger partial charge in [0.2, 0.25) is 0 Å². The van der Waals surface area contributed by atoms with E-state index in [9.17, 15) is 5.21 Å². The van der Waals surface area contributed by atoms with Gasteiger partial charge in [0.15, 0.2) is 0 Å². The zero-order valence-corrected chi connectivity index (χ0v) is 10.1. The van der Waals surface area contributed by atoms with E-state index in [4.69, 9.17) is 6.42 Å². The van der Waals surface area contributed by atoms with Crippen LogP contribution >= 0.6 is 0 Å². The molecule has 0 aliphatic carbocycles. The van der Waals surface area contributed by atoms with Crippen LogP contribution in [0.3, 0.4) is 0 Å². The molecule has 0 atom stereocenters. The van der Waals surface area contributed by atoms with E-state index in [-0.39, 0.29) is 0 Å². The molecule has 2 aromatic rings. The van der Waals surface area contributed by atoms with Gasteiger partial charge in [0.05, 0.1) is 5.69 Å². The molecule has 1 aromatic heterocycles. The number of hydrogen-bond acceptors (Lipinski definition) is 1. The molecule has 17 heavy (non-hydrogen) atoms. The molecule has 0 aliphatic heterocycles. The highest BCUT2D eigenvalue weighted by molar-refractivity contribution is 5.87. The number of fused-ring (bicyclic) bond motifs is 1. The van der Waals surface area contributed by atoms with Crippen LogP contribution in [-0.4, -0.2) is 4.73 Å². The van der Waals surface area contributed by atoms with Crippen molar-refractivity contribution in [2.24, 2.45) is 0 Å². The number of aromatic nitrogens is 1. The number of nitrogens with zero attached hydrogens (tertiary/aromatic N) is 1. The molecule has 2 nitrogen and oxygen atoms in total. The van der Waals surface area contributed by atoms with Gasteiger partial charge in [0, 0.05) is 10.9 Å². The van der Waals surface area contributed by atoms with Gasteiger partial charge in [0.1, 0.15) is 0 Å². The van der Waals surface area contributed by atoms with Crippen molar-refractivity contribution in [1.29, 1.82) is 0 Å². The van der Waals surface area contributed by atoms with Gasteiger partial charge in [-0.25, -0.2) is 0 Å². The molecule has 0 saturated heterocycles. The molecule has 0 unspecified atom stereocenters. The first-order valence-corrected chi connectivity index (χ1v) is 6.06. The Labute approximate surface area is 102 Å². The number of benzene rings is 1. The maximum Gasteiger partial charge on any atom is 0.0913 e. The number of rotatable bonds is 4. The molecule has 0 bridgehead atoms. The van der Waals surface area contributed by atoms with Crippen molar-refractivity contribution < 1.29 is 0 Å². The lowest BCUT2D eigenvalue weighted by molar-refractivity contribution is 0.718. The molecule has 0 amide bonds. The molecular formula is C15H16NO-. The van der Waals surface area contributed by atoms with Gasteiger partial charge < -0.3 is 9.94 Å². The largest absolute Gasteiger partial charge is 0.805 e. The summed E-state index contributed by atoms with van der Waals surface area (Å²) in [6, 6.07) is 7.62. The van der Waals surface area contributed by atoms with Crippen molar-refractivity contribution >= 4 is 10.9 Å². The van der Waals surface area contributed by atoms with Gasteiger partial charge in [-0.05, 0) is 24.5 Å². The molecule has 1 heterocycles. The number of hydrogen-bond donors (Lipinski definition) is 0. The third-order valence-electron chi connectivity index (χ3n) is 3.10. The Morgan fingerprint density at radius 1 is 1.29 bits per heavy atom. The summed E-state index contributed by atoms with van der Waals surface area (Å²) in [5.41, 5.74) is 2.21. The summed E-state index contributed by atoms with van der Waals surface area (Å²) >= 11 is 0. The minimum absolute atomic E-state index is 0.488. The summed E-state index contributed by atoms with van der Waals surface area (Å²) in [6.45, 7) is 2.17. The monoisotopic (exact) mass is 226 g/mol. The van der Waals surface area contributed by atoms with Crippen LogP contribution in [0, 0.1) is 17.6 Å². The number of terminal acetylenes is 1. The van der Waals surface area contributed by atoms with Gasteiger partial charge >= 0.3 is 0 Å². The zero-order chi connectivity index (χ0) is 12.3. The number of para-hydroxylation sites is 1. The van der Waals surface area contributed by atoms with Crippen molar-refractivity contribution in [2.75, 3.05) is 0 Å². The van der Waals surface area contributed by atoms with Crippen molar-refractivity contribution in [3.8, 4) is 12.3 Å². The molecule has 0 aliphatic rings. The molecule has 0 N–H and O–H groups in total. The molecule has 0 saturated carbocycles. The van der Waals surface area contributed by atoms with Crippen molar-refractivity contribution in [3.05, 3.63) is 40.7 Å². The fourth-order valence-corrected chi connectivity index (χ4v) is 2.23. The Kier molecular flexibility index (Phi) is 3.39. The molecular weight excluding hydrogens is 210 g/mol. The second-order valence-electron chi connectivity index (χ2n) is 4.24. The SMILES string of the molecule is C#Cc1c(CCCCC)c2ccccc2n1[O-]. The van der Waals surface area contributed by atoms with Crippen LogP contribution in [0.15, 0.2) is 24.3 Å². The summed E-state index contributed by atoms with van der Waals surface area (Å²) < 4.78 is 0.886. The van der Waals surface area contributed by atoms with E-state index in [0.717, 1.165) is 28.5 Å². The molecule has 1 aromatic carbocycles. The van der Waals surface area contributed by atoms with E-state index >= 15 is 0 Å². The van der Waals surface area contributed by atoms with Gasteiger partial charge in [-0.1, -0.05) is 43.9 Å². The summed E-state index contributed by atoms with van der Waals surface area (Å²) in [5, 5.41) is 13.0. The van der Waals surface area contributed by atoms with Crippen LogP contribution in [0.1, 0.15) is 37.4 Å². The topological polar surface area (TPSA) is 28.0 Å². The fourth-order valence-electron chi connectivity index (χ4n) is 2.23. The lowest BCUT2D eigenvalue weighted by atomic mass is 10.0. The molecule has 0 radical (unpaired) electrons. The first-order chi connectivity index (χ1) is 8.29. The molecule has 2 heteroatoms. The Morgan fingerprint density at radius 2 is 2.06 bits per heavy atom. The maximum absolute atomic E-state index is 12.0. The first-order valence-electron chi connectivity index (χ1n) is 6.06. The van der Waals surface area contributed by atoms with Crippen LogP contribution in [-0.2, 0) is 6.42 Å². The third-order valence-corrected chi connectivity index (χ3v) is 3.10. The minimum atomic E-state index is 0.488.